The van der Waals surface area contributed by atoms with Gasteiger partial charge in [0.05, 0.1) is 11.6 Å². The van der Waals surface area contributed by atoms with Gasteiger partial charge in [-0.05, 0) is 17.7 Å². The number of hydrogen-bond donors (Lipinski definition) is 1. The highest BCUT2D eigenvalue weighted by Crippen LogP contribution is 2.15. The van der Waals surface area contributed by atoms with Crippen LogP contribution < -0.4 is 5.32 Å². The van der Waals surface area contributed by atoms with Crippen molar-refractivity contribution in [3.63, 3.8) is 0 Å². The lowest BCUT2D eigenvalue weighted by molar-refractivity contribution is 0.0945. The number of benzene rings is 1. The lowest BCUT2D eigenvalue weighted by Crippen LogP contribution is -2.27. The molecule has 5 heteroatoms. The number of halogens is 1. The first-order valence-electron chi connectivity index (χ1n) is 5.58. The van der Waals surface area contributed by atoms with Gasteiger partial charge in [0, 0.05) is 6.20 Å². The van der Waals surface area contributed by atoms with Crippen LogP contribution in [0.25, 0.3) is 0 Å². The molecule has 2 rings (SSSR count). The maximum atomic E-state index is 12.0. The molecule has 0 saturated heterocycles. The minimum atomic E-state index is -0.718. The van der Waals surface area contributed by atoms with Gasteiger partial charge in [0.15, 0.2) is 0 Å². The molecule has 1 unspecified atom stereocenters. The van der Waals surface area contributed by atoms with Crippen molar-refractivity contribution in [2.24, 2.45) is 0 Å². The largest absolute Gasteiger partial charge is 0.332 e. The van der Waals surface area contributed by atoms with E-state index in [4.69, 9.17) is 16.9 Å². The first kappa shape index (κ1) is 13.1. The molecule has 0 aliphatic heterocycles. The molecule has 0 aliphatic carbocycles. The predicted octanol–water partition coefficient (Wildman–Crippen LogP) is 2.73. The Hall–Kier alpha value is -2.38. The molecule has 1 heterocycles. The van der Waals surface area contributed by atoms with Crippen LogP contribution in [-0.4, -0.2) is 10.9 Å². The van der Waals surface area contributed by atoms with Crippen LogP contribution in [-0.2, 0) is 0 Å². The van der Waals surface area contributed by atoms with Crippen molar-refractivity contribution in [1.29, 1.82) is 5.26 Å². The Morgan fingerprint density at radius 3 is 2.63 bits per heavy atom. The van der Waals surface area contributed by atoms with Crippen molar-refractivity contribution < 1.29 is 4.79 Å². The number of pyridine rings is 1. The Morgan fingerprint density at radius 1 is 1.26 bits per heavy atom. The van der Waals surface area contributed by atoms with Crippen LogP contribution >= 0.6 is 11.6 Å². The zero-order valence-electron chi connectivity index (χ0n) is 9.88. The van der Waals surface area contributed by atoms with Gasteiger partial charge in [0.2, 0.25) is 0 Å². The monoisotopic (exact) mass is 271 g/mol. The van der Waals surface area contributed by atoms with Crippen LogP contribution in [0.5, 0.6) is 0 Å². The smallest absolute Gasteiger partial charge is 0.255 e. The Labute approximate surface area is 115 Å². The van der Waals surface area contributed by atoms with E-state index in [0.717, 1.165) is 5.56 Å². The van der Waals surface area contributed by atoms with E-state index < -0.39 is 11.9 Å². The summed E-state index contributed by atoms with van der Waals surface area (Å²) in [6.45, 7) is 0. The molecular formula is C14H10ClN3O. The van der Waals surface area contributed by atoms with Crippen LogP contribution in [0.15, 0.2) is 48.7 Å². The third-order valence-electron chi connectivity index (χ3n) is 2.54. The number of nitriles is 1. The molecule has 0 radical (unpaired) electrons. The van der Waals surface area contributed by atoms with E-state index in [2.05, 4.69) is 10.3 Å². The molecule has 2 aromatic rings. The highest BCUT2D eigenvalue weighted by atomic mass is 35.5. The Bertz CT molecular complexity index is 622. The summed E-state index contributed by atoms with van der Waals surface area (Å²) in [6, 6.07) is 13.5. The van der Waals surface area contributed by atoms with Gasteiger partial charge in [-0.1, -0.05) is 41.9 Å². The van der Waals surface area contributed by atoms with Crippen LogP contribution in [0.1, 0.15) is 22.0 Å². The Balaban J connectivity index is 2.19. The van der Waals surface area contributed by atoms with Crippen molar-refractivity contribution in [3.8, 4) is 6.07 Å². The number of carbonyl (C=O) groups excluding carboxylic acids is 1. The second kappa shape index (κ2) is 5.98. The summed E-state index contributed by atoms with van der Waals surface area (Å²) in [5.41, 5.74) is 0.971. The van der Waals surface area contributed by atoms with Crippen molar-refractivity contribution in [3.05, 3.63) is 64.9 Å². The quantitative estimate of drug-likeness (QED) is 0.873. The maximum Gasteiger partial charge on any atom is 0.255 e. The summed E-state index contributed by atoms with van der Waals surface area (Å²) in [6.07, 6.45) is 1.50. The average Bonchev–Trinajstić information content (AvgIpc) is 2.46. The second-order valence-electron chi connectivity index (χ2n) is 3.79. The molecule has 1 aromatic carbocycles. The summed E-state index contributed by atoms with van der Waals surface area (Å²) in [5, 5.41) is 11.9. The van der Waals surface area contributed by atoms with E-state index in [-0.39, 0.29) is 10.7 Å². The van der Waals surface area contributed by atoms with Crippen LogP contribution in [0, 0.1) is 11.3 Å². The zero-order valence-corrected chi connectivity index (χ0v) is 10.6. The van der Waals surface area contributed by atoms with Gasteiger partial charge in [0.25, 0.3) is 5.91 Å². The lowest BCUT2D eigenvalue weighted by atomic mass is 10.1. The van der Waals surface area contributed by atoms with Gasteiger partial charge in [-0.2, -0.15) is 5.26 Å². The maximum absolute atomic E-state index is 12.0. The second-order valence-corrected chi connectivity index (χ2v) is 4.15. The van der Waals surface area contributed by atoms with E-state index in [0.29, 0.717) is 0 Å². The minimum absolute atomic E-state index is 0.116. The van der Waals surface area contributed by atoms with Crippen LogP contribution in [0.4, 0.5) is 0 Å². The summed E-state index contributed by atoms with van der Waals surface area (Å²) in [7, 11) is 0. The molecule has 0 aliphatic rings. The number of aromatic nitrogens is 1. The van der Waals surface area contributed by atoms with Gasteiger partial charge in [-0.25, -0.2) is 4.98 Å². The van der Waals surface area contributed by atoms with E-state index in [9.17, 15) is 4.79 Å². The number of nitrogens with zero attached hydrogens (tertiary/aromatic N) is 2. The van der Waals surface area contributed by atoms with Gasteiger partial charge >= 0.3 is 0 Å². The SMILES string of the molecule is N#CC(NC(=O)c1cccnc1Cl)c1ccccc1. The number of hydrogen-bond acceptors (Lipinski definition) is 3. The van der Waals surface area contributed by atoms with Crippen molar-refractivity contribution >= 4 is 17.5 Å². The lowest BCUT2D eigenvalue weighted by Gasteiger charge is -2.12. The predicted molar refractivity (Wildman–Crippen MR) is 71.5 cm³/mol. The molecule has 1 aromatic heterocycles. The highest BCUT2D eigenvalue weighted by molar-refractivity contribution is 6.32. The fraction of sp³-hybridized carbons (Fsp3) is 0.0714. The van der Waals surface area contributed by atoms with E-state index in [1.807, 2.05) is 24.3 Å². The highest BCUT2D eigenvalue weighted by Gasteiger charge is 2.16. The molecule has 0 fully saturated rings. The third kappa shape index (κ3) is 3.09. The standard InChI is InChI=1S/C14H10ClN3O/c15-13-11(7-4-8-17-13)14(19)18-12(9-16)10-5-2-1-3-6-10/h1-8,12H,(H,18,19). The molecular weight excluding hydrogens is 262 g/mol. The molecule has 1 amide bonds. The fourth-order valence-corrected chi connectivity index (χ4v) is 1.81. The van der Waals surface area contributed by atoms with Crippen LogP contribution in [0.3, 0.4) is 0 Å². The molecule has 1 atom stereocenters. The Kier molecular flexibility index (Phi) is 4.11. The first-order chi connectivity index (χ1) is 9.22. The van der Waals surface area contributed by atoms with Gasteiger partial charge in [0.1, 0.15) is 11.2 Å². The van der Waals surface area contributed by atoms with Gasteiger partial charge < -0.3 is 5.32 Å². The van der Waals surface area contributed by atoms with E-state index in [1.54, 1.807) is 24.3 Å². The van der Waals surface area contributed by atoms with Crippen LogP contribution in [0.2, 0.25) is 5.15 Å². The summed E-state index contributed by atoms with van der Waals surface area (Å²) in [4.78, 5) is 15.8. The topological polar surface area (TPSA) is 65.8 Å². The molecule has 0 spiro atoms. The number of amides is 1. The van der Waals surface area contributed by atoms with Gasteiger partial charge in [-0.15, -0.1) is 0 Å². The molecule has 19 heavy (non-hydrogen) atoms. The Morgan fingerprint density at radius 2 is 2.00 bits per heavy atom. The van der Waals surface area contributed by atoms with E-state index in [1.165, 1.54) is 6.20 Å². The van der Waals surface area contributed by atoms with Crippen molar-refractivity contribution in [2.75, 3.05) is 0 Å². The average molecular weight is 272 g/mol. The molecule has 0 saturated carbocycles. The minimum Gasteiger partial charge on any atom is -0.332 e. The molecule has 4 nitrogen and oxygen atoms in total. The summed E-state index contributed by atoms with van der Waals surface area (Å²) >= 11 is 5.84. The number of rotatable bonds is 3. The van der Waals surface area contributed by atoms with Crippen molar-refractivity contribution in [2.45, 2.75) is 6.04 Å². The van der Waals surface area contributed by atoms with Crippen molar-refractivity contribution in [1.82, 2.24) is 10.3 Å². The fourth-order valence-electron chi connectivity index (χ4n) is 1.60. The normalized spacial score (nSPS) is 11.4. The molecule has 1 N–H and O–H groups in total. The molecule has 94 valence electrons. The molecule has 0 bridgehead atoms. The third-order valence-corrected chi connectivity index (χ3v) is 2.84. The van der Waals surface area contributed by atoms with E-state index >= 15 is 0 Å². The number of nitrogens with one attached hydrogen (secondary N) is 1. The summed E-state index contributed by atoms with van der Waals surface area (Å²) < 4.78 is 0. The summed E-state index contributed by atoms with van der Waals surface area (Å²) in [5.74, 6) is -0.423. The zero-order chi connectivity index (χ0) is 13.7. The van der Waals surface area contributed by atoms with Gasteiger partial charge in [-0.3, -0.25) is 4.79 Å². The first-order valence-corrected chi connectivity index (χ1v) is 5.96. The number of carbonyl (C=O) groups is 1.